The molecule has 0 atom stereocenters. The second kappa shape index (κ2) is 9.86. The van der Waals surface area contributed by atoms with Crippen LogP contribution in [0, 0.1) is 20.8 Å². The van der Waals surface area contributed by atoms with Gasteiger partial charge in [0.2, 0.25) is 5.78 Å². The van der Waals surface area contributed by atoms with Crippen LogP contribution in [0.5, 0.6) is 5.75 Å². The number of para-hydroxylation sites is 1. The summed E-state index contributed by atoms with van der Waals surface area (Å²) in [5.41, 5.74) is 6.17. The number of esters is 1. The van der Waals surface area contributed by atoms with Gasteiger partial charge in [-0.3, -0.25) is 4.79 Å². The van der Waals surface area contributed by atoms with Gasteiger partial charge in [0.1, 0.15) is 5.75 Å². The number of aryl methyl sites for hydroxylation is 3. The Balaban J connectivity index is 1.47. The summed E-state index contributed by atoms with van der Waals surface area (Å²) in [5, 5.41) is 2.76. The maximum atomic E-state index is 13.3. The number of carbonyl (C=O) groups excluding carboxylic acids is 2. The van der Waals surface area contributed by atoms with Crippen LogP contribution in [-0.4, -0.2) is 30.5 Å². The first-order valence-electron chi connectivity index (χ1n) is 12.1. The van der Waals surface area contributed by atoms with Crippen LogP contribution in [0.1, 0.15) is 37.4 Å². The molecule has 0 amide bonds. The number of nitrogens with zero attached hydrogens (tertiary/aromatic N) is 1. The molecule has 184 valence electrons. The molecule has 0 fully saturated rings. The van der Waals surface area contributed by atoms with Gasteiger partial charge in [-0.15, -0.1) is 0 Å². The summed E-state index contributed by atoms with van der Waals surface area (Å²) in [7, 11) is 1.64. The van der Waals surface area contributed by atoms with Crippen molar-refractivity contribution in [3.05, 3.63) is 107 Å². The number of carbonyl (C=O) groups is 2. The molecule has 0 unspecified atom stereocenters. The molecule has 1 aromatic heterocycles. The molecule has 0 radical (unpaired) electrons. The Kier molecular flexibility index (Phi) is 6.45. The van der Waals surface area contributed by atoms with E-state index in [2.05, 4.69) is 0 Å². The Bertz CT molecular complexity index is 1690. The highest BCUT2D eigenvalue weighted by Gasteiger charge is 2.18. The van der Waals surface area contributed by atoms with E-state index in [1.54, 1.807) is 13.2 Å². The van der Waals surface area contributed by atoms with E-state index in [0.29, 0.717) is 27.7 Å². The lowest BCUT2D eigenvalue weighted by atomic mass is 9.98. The van der Waals surface area contributed by atoms with Crippen LogP contribution in [0.15, 0.2) is 78.9 Å². The average molecular weight is 490 g/mol. The van der Waals surface area contributed by atoms with Crippen LogP contribution in [0.25, 0.3) is 32.9 Å². The predicted molar refractivity (Wildman–Crippen MR) is 147 cm³/mol. The number of ketones is 1. The molecule has 5 rings (SSSR count). The fourth-order valence-electron chi connectivity index (χ4n) is 4.55. The number of aromatic nitrogens is 1. The van der Waals surface area contributed by atoms with Crippen molar-refractivity contribution in [1.29, 1.82) is 0 Å². The zero-order valence-electron chi connectivity index (χ0n) is 21.3. The summed E-state index contributed by atoms with van der Waals surface area (Å²) >= 11 is 0. The van der Waals surface area contributed by atoms with E-state index in [1.807, 2.05) is 93.6 Å². The van der Waals surface area contributed by atoms with E-state index in [1.165, 1.54) is 0 Å². The minimum absolute atomic E-state index is 0.225. The summed E-state index contributed by atoms with van der Waals surface area (Å²) < 4.78 is 10.9. The van der Waals surface area contributed by atoms with Crippen molar-refractivity contribution in [3.63, 3.8) is 0 Å². The summed E-state index contributed by atoms with van der Waals surface area (Å²) in [6.45, 7) is 5.54. The van der Waals surface area contributed by atoms with Gasteiger partial charge in [-0.1, -0.05) is 42.5 Å². The Hall–Kier alpha value is -4.51. The molecular weight excluding hydrogens is 462 g/mol. The largest absolute Gasteiger partial charge is 0.497 e. The van der Waals surface area contributed by atoms with Crippen LogP contribution in [0.2, 0.25) is 0 Å². The van der Waals surface area contributed by atoms with E-state index in [0.717, 1.165) is 38.8 Å². The maximum Gasteiger partial charge on any atom is 0.339 e. The van der Waals surface area contributed by atoms with Crippen LogP contribution >= 0.6 is 0 Å². The standard InChI is InChI=1S/C32H27NO4/c1-19-13-21(3)27(14-20(19)2)31(34)18-37-32(35)28-17-30(33-29-8-6-5-7-26(28)29)24-10-9-23-16-25(36-4)12-11-22(23)15-24/h5-17H,18H2,1-4H3. The zero-order valence-corrected chi connectivity index (χ0v) is 21.3. The van der Waals surface area contributed by atoms with Crippen molar-refractivity contribution in [3.8, 4) is 17.0 Å². The molecule has 1 heterocycles. The van der Waals surface area contributed by atoms with Crippen molar-refractivity contribution in [1.82, 2.24) is 4.98 Å². The van der Waals surface area contributed by atoms with Crippen molar-refractivity contribution < 1.29 is 19.1 Å². The molecule has 0 saturated heterocycles. The first-order valence-corrected chi connectivity index (χ1v) is 12.1. The fourth-order valence-corrected chi connectivity index (χ4v) is 4.55. The van der Waals surface area contributed by atoms with Crippen LogP contribution in [0.3, 0.4) is 0 Å². The van der Waals surface area contributed by atoms with E-state index in [4.69, 9.17) is 14.5 Å². The number of rotatable bonds is 6. The number of benzene rings is 4. The number of ether oxygens (including phenoxy) is 2. The third-order valence-corrected chi connectivity index (χ3v) is 6.75. The highest BCUT2D eigenvalue weighted by Crippen LogP contribution is 2.29. The third-order valence-electron chi connectivity index (χ3n) is 6.75. The number of hydrogen-bond acceptors (Lipinski definition) is 5. The molecular formula is C32H27NO4. The second-order valence-electron chi connectivity index (χ2n) is 9.25. The Morgan fingerprint density at radius 3 is 2.30 bits per heavy atom. The van der Waals surface area contributed by atoms with E-state index < -0.39 is 5.97 Å². The molecule has 5 nitrogen and oxygen atoms in total. The molecule has 0 N–H and O–H groups in total. The highest BCUT2D eigenvalue weighted by atomic mass is 16.5. The molecule has 0 aliphatic heterocycles. The monoisotopic (exact) mass is 489 g/mol. The minimum Gasteiger partial charge on any atom is -0.497 e. The van der Waals surface area contributed by atoms with E-state index in [-0.39, 0.29) is 12.4 Å². The molecule has 0 aliphatic rings. The van der Waals surface area contributed by atoms with Gasteiger partial charge in [0, 0.05) is 16.5 Å². The van der Waals surface area contributed by atoms with Gasteiger partial charge in [-0.25, -0.2) is 9.78 Å². The van der Waals surface area contributed by atoms with Crippen LogP contribution in [0.4, 0.5) is 0 Å². The number of methoxy groups -OCH3 is 1. The Morgan fingerprint density at radius 2 is 1.49 bits per heavy atom. The van der Waals surface area contributed by atoms with Crippen molar-refractivity contribution >= 4 is 33.4 Å². The van der Waals surface area contributed by atoms with Crippen molar-refractivity contribution in [2.24, 2.45) is 0 Å². The number of fused-ring (bicyclic) bond motifs is 2. The first kappa shape index (κ1) is 24.2. The van der Waals surface area contributed by atoms with Gasteiger partial charge in [-0.2, -0.15) is 0 Å². The van der Waals surface area contributed by atoms with Crippen molar-refractivity contribution in [2.45, 2.75) is 20.8 Å². The predicted octanol–water partition coefficient (Wildman–Crippen LogP) is 7.03. The van der Waals surface area contributed by atoms with Crippen molar-refractivity contribution in [2.75, 3.05) is 13.7 Å². The number of pyridine rings is 1. The maximum absolute atomic E-state index is 13.3. The molecule has 0 aliphatic carbocycles. The normalized spacial score (nSPS) is 11.0. The molecule has 5 heteroatoms. The first-order chi connectivity index (χ1) is 17.8. The van der Waals surface area contributed by atoms with Gasteiger partial charge < -0.3 is 9.47 Å². The quantitative estimate of drug-likeness (QED) is 0.189. The lowest BCUT2D eigenvalue weighted by Gasteiger charge is -2.12. The molecule has 37 heavy (non-hydrogen) atoms. The highest BCUT2D eigenvalue weighted by molar-refractivity contribution is 6.06. The Labute approximate surface area is 215 Å². The van der Waals surface area contributed by atoms with E-state index in [9.17, 15) is 9.59 Å². The zero-order chi connectivity index (χ0) is 26.1. The summed E-state index contributed by atoms with van der Waals surface area (Å²) in [4.78, 5) is 30.9. The summed E-state index contributed by atoms with van der Waals surface area (Å²) in [6, 6.07) is 24.9. The lowest BCUT2D eigenvalue weighted by Crippen LogP contribution is -2.16. The van der Waals surface area contributed by atoms with Gasteiger partial charge in [0.25, 0.3) is 0 Å². The summed E-state index contributed by atoms with van der Waals surface area (Å²) in [5.74, 6) is 0.0114. The molecule has 0 bridgehead atoms. The lowest BCUT2D eigenvalue weighted by molar-refractivity contribution is 0.0476. The molecule has 0 spiro atoms. The SMILES string of the molecule is COc1ccc2cc(-c3cc(C(=O)OCC(=O)c4cc(C)c(C)cc4C)c4ccccc4n3)ccc2c1. The van der Waals surface area contributed by atoms with Crippen LogP contribution < -0.4 is 4.74 Å². The smallest absolute Gasteiger partial charge is 0.339 e. The third kappa shape index (κ3) is 4.81. The molecule has 5 aromatic rings. The average Bonchev–Trinajstić information content (AvgIpc) is 2.92. The van der Waals surface area contributed by atoms with Crippen LogP contribution in [-0.2, 0) is 4.74 Å². The second-order valence-corrected chi connectivity index (χ2v) is 9.25. The van der Waals surface area contributed by atoms with E-state index >= 15 is 0 Å². The van der Waals surface area contributed by atoms with Gasteiger partial charge >= 0.3 is 5.97 Å². The number of Topliss-reactive ketones (excluding diaryl/α,β-unsaturated/α-hetero) is 1. The fraction of sp³-hybridized carbons (Fsp3) is 0.156. The van der Waals surface area contributed by atoms with Gasteiger partial charge in [0.15, 0.2) is 6.61 Å². The topological polar surface area (TPSA) is 65.5 Å². The Morgan fingerprint density at radius 1 is 0.757 bits per heavy atom. The molecule has 0 saturated carbocycles. The number of hydrogen-bond donors (Lipinski definition) is 0. The van der Waals surface area contributed by atoms with Gasteiger partial charge in [0.05, 0.1) is 23.9 Å². The minimum atomic E-state index is -0.555. The summed E-state index contributed by atoms with van der Waals surface area (Å²) in [6.07, 6.45) is 0. The molecule has 4 aromatic carbocycles. The van der Waals surface area contributed by atoms with Gasteiger partial charge in [-0.05, 0) is 84.6 Å².